The summed E-state index contributed by atoms with van der Waals surface area (Å²) in [5.74, 6) is 0. The molecule has 0 aliphatic heterocycles. The lowest BCUT2D eigenvalue weighted by molar-refractivity contribution is -0.0959. The van der Waals surface area contributed by atoms with E-state index in [1.807, 2.05) is 5.32 Å². The van der Waals surface area contributed by atoms with E-state index in [0.29, 0.717) is 6.08 Å². The number of rotatable bonds is 1. The Bertz CT molecular complexity index is 174. The number of nitrogens with one attached hydrogen (secondary N) is 1. The van der Waals surface area contributed by atoms with E-state index in [-0.39, 0.29) is 0 Å². The number of hydrogen-bond acceptors (Lipinski definition) is 2. The summed E-state index contributed by atoms with van der Waals surface area (Å²) in [5, 5.41) is 9.72. The molecule has 0 bridgehead atoms. The van der Waals surface area contributed by atoms with Crippen LogP contribution in [-0.4, -0.2) is 13.2 Å². The Morgan fingerprint density at radius 2 is 2.10 bits per heavy atom. The molecule has 2 nitrogen and oxygen atoms in total. The van der Waals surface area contributed by atoms with Gasteiger partial charge in [-0.15, -0.1) is 0 Å². The van der Waals surface area contributed by atoms with E-state index in [0.717, 1.165) is 7.05 Å². The van der Waals surface area contributed by atoms with Crippen molar-refractivity contribution in [2.45, 2.75) is 6.18 Å². The minimum absolute atomic E-state index is 0.417. The fraction of sp³-hybridized carbons (Fsp3) is 0.400. The van der Waals surface area contributed by atoms with Crippen LogP contribution in [0.1, 0.15) is 0 Å². The van der Waals surface area contributed by atoms with Gasteiger partial charge < -0.3 is 5.32 Å². The maximum absolute atomic E-state index is 11.6. The van der Waals surface area contributed by atoms with Crippen LogP contribution >= 0.6 is 0 Å². The minimum atomic E-state index is -4.45. The Kier molecular flexibility index (Phi) is 2.74. The molecule has 0 aromatic rings. The van der Waals surface area contributed by atoms with Crippen LogP contribution in [-0.2, 0) is 0 Å². The van der Waals surface area contributed by atoms with Crippen molar-refractivity contribution in [1.29, 1.82) is 5.26 Å². The molecule has 0 spiro atoms. The predicted molar refractivity (Wildman–Crippen MR) is 28.8 cm³/mol. The molecule has 0 heterocycles. The lowest BCUT2D eigenvalue weighted by Crippen LogP contribution is -2.22. The van der Waals surface area contributed by atoms with E-state index in [4.69, 9.17) is 5.26 Å². The Hall–Kier alpha value is -1.18. The highest BCUT2D eigenvalue weighted by atomic mass is 19.4. The summed E-state index contributed by atoms with van der Waals surface area (Å²) in [6.07, 6.45) is -4.04. The van der Waals surface area contributed by atoms with Crippen molar-refractivity contribution >= 4 is 0 Å². The molecular weight excluding hydrogens is 145 g/mol. The van der Waals surface area contributed by atoms with Crippen molar-refractivity contribution < 1.29 is 13.2 Å². The van der Waals surface area contributed by atoms with E-state index in [9.17, 15) is 13.2 Å². The average Bonchev–Trinajstić information content (AvgIpc) is 1.80. The molecule has 0 aliphatic rings. The third kappa shape index (κ3) is 2.40. The van der Waals surface area contributed by atoms with Crippen LogP contribution in [0.3, 0.4) is 0 Å². The molecule has 0 atom stereocenters. The van der Waals surface area contributed by atoms with Gasteiger partial charge in [0.15, 0.2) is 0 Å². The zero-order valence-electron chi connectivity index (χ0n) is 5.16. The quantitative estimate of drug-likeness (QED) is 0.569. The molecule has 0 rings (SSSR count). The molecule has 10 heavy (non-hydrogen) atoms. The summed E-state index contributed by atoms with van der Waals surface area (Å²) in [6.45, 7) is 0. The molecule has 0 saturated carbocycles. The van der Waals surface area contributed by atoms with Crippen LogP contribution < -0.4 is 5.32 Å². The SMILES string of the molecule is CN/C(=C/C#N)C(F)(F)F. The Balaban J connectivity index is 4.41. The first-order chi connectivity index (χ1) is 4.52. The lowest BCUT2D eigenvalue weighted by atomic mass is 10.4. The van der Waals surface area contributed by atoms with Gasteiger partial charge >= 0.3 is 6.18 Å². The summed E-state index contributed by atoms with van der Waals surface area (Å²) in [7, 11) is 1.11. The lowest BCUT2D eigenvalue weighted by Gasteiger charge is -2.07. The molecule has 0 amide bonds. The van der Waals surface area contributed by atoms with Gasteiger partial charge in [-0.3, -0.25) is 0 Å². The first-order valence-corrected chi connectivity index (χ1v) is 2.37. The second kappa shape index (κ2) is 3.11. The highest BCUT2D eigenvalue weighted by Gasteiger charge is 2.32. The molecule has 0 aromatic heterocycles. The summed E-state index contributed by atoms with van der Waals surface area (Å²) in [4.78, 5) is 0. The van der Waals surface area contributed by atoms with Gasteiger partial charge in [-0.1, -0.05) is 0 Å². The molecule has 5 heteroatoms. The van der Waals surface area contributed by atoms with Gasteiger partial charge in [-0.05, 0) is 0 Å². The zero-order chi connectivity index (χ0) is 8.20. The molecular formula is C5H5F3N2. The number of allylic oxidation sites excluding steroid dienone is 2. The smallest absolute Gasteiger partial charge is 0.384 e. The first kappa shape index (κ1) is 8.82. The number of hydrogen-bond donors (Lipinski definition) is 1. The second-order valence-electron chi connectivity index (χ2n) is 1.43. The van der Waals surface area contributed by atoms with Crippen molar-refractivity contribution in [1.82, 2.24) is 5.32 Å². The maximum Gasteiger partial charge on any atom is 0.431 e. The van der Waals surface area contributed by atoms with Gasteiger partial charge in [-0.2, -0.15) is 18.4 Å². The number of alkyl halides is 3. The maximum atomic E-state index is 11.6. The highest BCUT2D eigenvalue weighted by molar-refractivity contribution is 5.15. The molecule has 0 aromatic carbocycles. The fourth-order valence-electron chi connectivity index (χ4n) is 0.360. The van der Waals surface area contributed by atoms with Gasteiger partial charge in [0.2, 0.25) is 0 Å². The van der Waals surface area contributed by atoms with Crippen LogP contribution in [0, 0.1) is 11.3 Å². The third-order valence-electron chi connectivity index (χ3n) is 0.784. The number of halogens is 3. The first-order valence-electron chi connectivity index (χ1n) is 2.37. The topological polar surface area (TPSA) is 35.8 Å². The molecule has 0 fully saturated rings. The summed E-state index contributed by atoms with van der Waals surface area (Å²) >= 11 is 0. The molecule has 56 valence electrons. The summed E-state index contributed by atoms with van der Waals surface area (Å²) in [6, 6.07) is 1.28. The van der Waals surface area contributed by atoms with E-state index in [1.54, 1.807) is 0 Å². The van der Waals surface area contributed by atoms with E-state index in [2.05, 4.69) is 0 Å². The predicted octanol–water partition coefficient (Wildman–Crippen LogP) is 1.18. The van der Waals surface area contributed by atoms with Crippen LogP contribution in [0.4, 0.5) is 13.2 Å². The second-order valence-corrected chi connectivity index (χ2v) is 1.43. The van der Waals surface area contributed by atoms with E-state index >= 15 is 0 Å². The van der Waals surface area contributed by atoms with Crippen LogP contribution in [0.5, 0.6) is 0 Å². The van der Waals surface area contributed by atoms with Gasteiger partial charge in [0.25, 0.3) is 0 Å². The average molecular weight is 150 g/mol. The van der Waals surface area contributed by atoms with Crippen molar-refractivity contribution in [3.8, 4) is 6.07 Å². The molecule has 0 unspecified atom stereocenters. The van der Waals surface area contributed by atoms with E-state index in [1.165, 1.54) is 6.07 Å². The molecule has 1 N–H and O–H groups in total. The number of nitriles is 1. The van der Waals surface area contributed by atoms with Crippen molar-refractivity contribution in [3.63, 3.8) is 0 Å². The summed E-state index contributed by atoms with van der Waals surface area (Å²) < 4.78 is 34.9. The Morgan fingerprint density at radius 1 is 1.60 bits per heavy atom. The largest absolute Gasteiger partial charge is 0.431 e. The van der Waals surface area contributed by atoms with Crippen molar-refractivity contribution in [2.24, 2.45) is 0 Å². The fourth-order valence-corrected chi connectivity index (χ4v) is 0.360. The number of nitrogens with zero attached hydrogens (tertiary/aromatic N) is 1. The Morgan fingerprint density at radius 3 is 2.20 bits per heavy atom. The van der Waals surface area contributed by atoms with Crippen LogP contribution in [0.25, 0.3) is 0 Å². The van der Waals surface area contributed by atoms with Crippen LogP contribution in [0.15, 0.2) is 11.8 Å². The molecule has 0 radical (unpaired) electrons. The van der Waals surface area contributed by atoms with Gasteiger partial charge in [0.1, 0.15) is 5.70 Å². The highest BCUT2D eigenvalue weighted by Crippen LogP contribution is 2.22. The van der Waals surface area contributed by atoms with Gasteiger partial charge in [0.05, 0.1) is 6.07 Å². The van der Waals surface area contributed by atoms with Crippen molar-refractivity contribution in [3.05, 3.63) is 11.8 Å². The third-order valence-corrected chi connectivity index (χ3v) is 0.784. The molecule has 0 aliphatic carbocycles. The van der Waals surface area contributed by atoms with E-state index < -0.39 is 11.9 Å². The van der Waals surface area contributed by atoms with Crippen molar-refractivity contribution in [2.75, 3.05) is 7.05 Å². The Labute approximate surface area is 55.9 Å². The normalized spacial score (nSPS) is 12.5. The standard InChI is InChI=1S/C5H5F3N2/c1-10-4(2-3-9)5(6,7)8/h2,10H,1H3/b4-2+. The zero-order valence-corrected chi connectivity index (χ0v) is 5.16. The van der Waals surface area contributed by atoms with Crippen LogP contribution in [0.2, 0.25) is 0 Å². The van der Waals surface area contributed by atoms with Gasteiger partial charge in [-0.25, -0.2) is 0 Å². The summed E-state index contributed by atoms with van der Waals surface area (Å²) in [5.41, 5.74) is -1.03. The molecule has 0 saturated heterocycles. The van der Waals surface area contributed by atoms with Gasteiger partial charge in [0, 0.05) is 13.1 Å². The minimum Gasteiger partial charge on any atom is -0.384 e. The monoisotopic (exact) mass is 150 g/mol.